The lowest BCUT2D eigenvalue weighted by Crippen LogP contribution is -2.10. The highest BCUT2D eigenvalue weighted by Gasteiger charge is 2.08. The number of rotatable bonds is 6. The molecule has 1 aromatic heterocycles. The fourth-order valence-electron chi connectivity index (χ4n) is 2.76. The van der Waals surface area contributed by atoms with Gasteiger partial charge in [-0.1, -0.05) is 29.8 Å². The second-order valence-corrected chi connectivity index (χ2v) is 7.04. The SMILES string of the molecule is O=C(Nc1cccc(/N=C/c2cc(/N=N\c3ccccc3Cl)ccc2O)c1)c1ccco1. The Balaban J connectivity index is 1.50. The molecule has 0 aliphatic rings. The van der Waals surface area contributed by atoms with E-state index in [4.69, 9.17) is 16.0 Å². The number of anilines is 1. The van der Waals surface area contributed by atoms with Gasteiger partial charge in [0.25, 0.3) is 5.91 Å². The molecule has 0 radical (unpaired) electrons. The molecular formula is C24H17ClN4O3. The number of halogens is 1. The lowest BCUT2D eigenvalue weighted by atomic mass is 10.2. The Morgan fingerprint density at radius 3 is 2.62 bits per heavy atom. The molecule has 2 N–H and O–H groups in total. The van der Waals surface area contributed by atoms with Gasteiger partial charge in [-0.2, -0.15) is 5.11 Å². The van der Waals surface area contributed by atoms with E-state index in [9.17, 15) is 9.90 Å². The molecular weight excluding hydrogens is 428 g/mol. The molecule has 3 aromatic carbocycles. The van der Waals surface area contributed by atoms with Gasteiger partial charge >= 0.3 is 0 Å². The number of phenols is 1. The number of aliphatic imine (C=N–C) groups is 1. The van der Waals surface area contributed by atoms with Crippen molar-refractivity contribution in [1.82, 2.24) is 0 Å². The van der Waals surface area contributed by atoms with E-state index in [2.05, 4.69) is 20.5 Å². The van der Waals surface area contributed by atoms with Crippen LogP contribution in [0.5, 0.6) is 5.75 Å². The largest absolute Gasteiger partial charge is 0.507 e. The molecule has 4 rings (SSSR count). The number of aromatic hydroxyl groups is 1. The summed E-state index contributed by atoms with van der Waals surface area (Å²) < 4.78 is 5.09. The smallest absolute Gasteiger partial charge is 0.291 e. The Morgan fingerprint density at radius 2 is 1.81 bits per heavy atom. The molecule has 8 heteroatoms. The fourth-order valence-corrected chi connectivity index (χ4v) is 2.93. The summed E-state index contributed by atoms with van der Waals surface area (Å²) in [6, 6.07) is 22.1. The van der Waals surface area contributed by atoms with Gasteiger partial charge in [-0.3, -0.25) is 9.79 Å². The van der Waals surface area contributed by atoms with Crippen LogP contribution in [0.1, 0.15) is 16.1 Å². The highest BCUT2D eigenvalue weighted by atomic mass is 35.5. The van der Waals surface area contributed by atoms with Gasteiger partial charge in [0.2, 0.25) is 0 Å². The van der Waals surface area contributed by atoms with E-state index in [0.717, 1.165) is 0 Å². The highest BCUT2D eigenvalue weighted by molar-refractivity contribution is 6.32. The minimum atomic E-state index is -0.356. The zero-order valence-electron chi connectivity index (χ0n) is 16.6. The van der Waals surface area contributed by atoms with E-state index in [1.807, 2.05) is 12.1 Å². The minimum Gasteiger partial charge on any atom is -0.507 e. The number of nitrogens with zero attached hydrogens (tertiary/aromatic N) is 3. The topological polar surface area (TPSA) is 99.6 Å². The Morgan fingerprint density at radius 1 is 0.938 bits per heavy atom. The van der Waals surface area contributed by atoms with Crippen LogP contribution in [-0.2, 0) is 0 Å². The van der Waals surface area contributed by atoms with Crippen molar-refractivity contribution in [1.29, 1.82) is 0 Å². The number of azo groups is 1. The monoisotopic (exact) mass is 444 g/mol. The van der Waals surface area contributed by atoms with Crippen LogP contribution in [0.4, 0.5) is 22.7 Å². The minimum absolute atomic E-state index is 0.0488. The lowest BCUT2D eigenvalue weighted by molar-refractivity contribution is 0.0996. The van der Waals surface area contributed by atoms with Crippen molar-refractivity contribution in [3.8, 4) is 5.75 Å². The van der Waals surface area contributed by atoms with Crippen molar-refractivity contribution in [2.75, 3.05) is 5.32 Å². The number of carbonyl (C=O) groups is 1. The van der Waals surface area contributed by atoms with Crippen molar-refractivity contribution in [2.45, 2.75) is 0 Å². The molecule has 0 atom stereocenters. The second kappa shape index (κ2) is 9.72. The summed E-state index contributed by atoms with van der Waals surface area (Å²) in [5, 5.41) is 21.7. The van der Waals surface area contributed by atoms with Crippen LogP contribution in [0, 0.1) is 0 Å². The third-order valence-corrected chi connectivity index (χ3v) is 4.66. The van der Waals surface area contributed by atoms with Gasteiger partial charge in [-0.15, -0.1) is 5.11 Å². The number of hydrogen-bond donors (Lipinski definition) is 2. The molecule has 1 heterocycles. The summed E-state index contributed by atoms with van der Waals surface area (Å²) in [7, 11) is 0. The average Bonchev–Trinajstić information content (AvgIpc) is 3.34. The molecule has 7 nitrogen and oxygen atoms in total. The molecule has 158 valence electrons. The molecule has 0 unspecified atom stereocenters. The maximum Gasteiger partial charge on any atom is 0.291 e. The molecule has 0 saturated carbocycles. The number of nitrogens with one attached hydrogen (secondary N) is 1. The molecule has 0 fully saturated rings. The summed E-state index contributed by atoms with van der Waals surface area (Å²) in [6.07, 6.45) is 2.95. The molecule has 0 aliphatic heterocycles. The van der Waals surface area contributed by atoms with Gasteiger partial charge in [0, 0.05) is 17.5 Å². The quantitative estimate of drug-likeness (QED) is 0.246. The standard InChI is InChI=1S/C24H17ClN4O3/c25-20-7-1-2-8-21(20)29-28-19-10-11-22(30)16(13-19)15-26-17-5-3-6-18(14-17)27-24(31)23-9-4-12-32-23/h1-15,30H,(H,27,31)/b26-15+,29-28-. The van der Waals surface area contributed by atoms with Crippen LogP contribution in [0.25, 0.3) is 0 Å². The van der Waals surface area contributed by atoms with Crippen LogP contribution in [0.2, 0.25) is 5.02 Å². The van der Waals surface area contributed by atoms with Crippen LogP contribution >= 0.6 is 11.6 Å². The van der Waals surface area contributed by atoms with Crippen molar-refractivity contribution >= 4 is 46.5 Å². The van der Waals surface area contributed by atoms with Crippen molar-refractivity contribution < 1.29 is 14.3 Å². The number of benzene rings is 3. The predicted molar refractivity (Wildman–Crippen MR) is 124 cm³/mol. The lowest BCUT2D eigenvalue weighted by Gasteiger charge is -2.04. The van der Waals surface area contributed by atoms with Crippen LogP contribution in [0.3, 0.4) is 0 Å². The van der Waals surface area contributed by atoms with E-state index in [1.165, 1.54) is 18.5 Å². The van der Waals surface area contributed by atoms with Gasteiger partial charge in [0.1, 0.15) is 11.4 Å². The first kappa shape index (κ1) is 21.0. The number of carbonyl (C=O) groups excluding carboxylic acids is 1. The first-order valence-electron chi connectivity index (χ1n) is 9.57. The normalized spacial score (nSPS) is 11.3. The van der Waals surface area contributed by atoms with Crippen LogP contribution in [-0.4, -0.2) is 17.2 Å². The second-order valence-electron chi connectivity index (χ2n) is 6.63. The van der Waals surface area contributed by atoms with E-state index in [-0.39, 0.29) is 17.4 Å². The molecule has 0 spiro atoms. The fraction of sp³-hybridized carbons (Fsp3) is 0. The zero-order chi connectivity index (χ0) is 22.3. The first-order chi connectivity index (χ1) is 15.6. The van der Waals surface area contributed by atoms with E-state index < -0.39 is 0 Å². The van der Waals surface area contributed by atoms with Gasteiger partial charge in [-0.05, 0) is 60.7 Å². The average molecular weight is 445 g/mol. The van der Waals surface area contributed by atoms with Crippen LogP contribution < -0.4 is 5.32 Å². The van der Waals surface area contributed by atoms with Gasteiger partial charge in [-0.25, -0.2) is 0 Å². The summed E-state index contributed by atoms with van der Waals surface area (Å²) in [4.78, 5) is 16.5. The van der Waals surface area contributed by atoms with E-state index in [0.29, 0.717) is 33.3 Å². The molecule has 0 saturated heterocycles. The molecule has 0 aliphatic carbocycles. The molecule has 1 amide bonds. The van der Waals surface area contributed by atoms with Gasteiger partial charge in [0.05, 0.1) is 22.7 Å². The van der Waals surface area contributed by atoms with E-state index in [1.54, 1.807) is 60.7 Å². The first-order valence-corrected chi connectivity index (χ1v) is 9.94. The zero-order valence-corrected chi connectivity index (χ0v) is 17.4. The summed E-state index contributed by atoms with van der Waals surface area (Å²) >= 11 is 6.09. The summed E-state index contributed by atoms with van der Waals surface area (Å²) in [6.45, 7) is 0. The molecule has 0 bridgehead atoms. The summed E-state index contributed by atoms with van der Waals surface area (Å²) in [5.74, 6) is -0.0929. The van der Waals surface area contributed by atoms with Crippen molar-refractivity contribution in [3.05, 3.63) is 101 Å². The molecule has 32 heavy (non-hydrogen) atoms. The highest BCUT2D eigenvalue weighted by Crippen LogP contribution is 2.28. The Hall–Kier alpha value is -4.23. The maximum absolute atomic E-state index is 12.1. The number of furan rings is 1. The number of amides is 1. The Kier molecular flexibility index (Phi) is 6.38. The van der Waals surface area contributed by atoms with Crippen molar-refractivity contribution in [3.63, 3.8) is 0 Å². The van der Waals surface area contributed by atoms with Gasteiger partial charge < -0.3 is 14.8 Å². The predicted octanol–water partition coefficient (Wildman–Crippen LogP) is 7.06. The Bertz CT molecular complexity index is 1300. The van der Waals surface area contributed by atoms with Crippen molar-refractivity contribution in [2.24, 2.45) is 15.2 Å². The maximum atomic E-state index is 12.1. The van der Waals surface area contributed by atoms with E-state index >= 15 is 0 Å². The third-order valence-electron chi connectivity index (χ3n) is 4.34. The third kappa shape index (κ3) is 5.27. The number of phenolic OH excluding ortho intramolecular Hbond substituents is 1. The molecule has 4 aromatic rings. The van der Waals surface area contributed by atoms with Crippen LogP contribution in [0.15, 0.2) is 105 Å². The van der Waals surface area contributed by atoms with Gasteiger partial charge in [0.15, 0.2) is 5.76 Å². The summed E-state index contributed by atoms with van der Waals surface area (Å²) in [5.41, 5.74) is 2.69. The number of hydrogen-bond acceptors (Lipinski definition) is 6. The Labute approximate surface area is 188 Å².